The minimum absolute atomic E-state index is 0.196. The van der Waals surface area contributed by atoms with Crippen LogP contribution in [0.15, 0.2) is 18.2 Å². The summed E-state index contributed by atoms with van der Waals surface area (Å²) in [5, 5.41) is 3.73. The van der Waals surface area contributed by atoms with E-state index in [0.29, 0.717) is 5.41 Å². The van der Waals surface area contributed by atoms with E-state index in [2.05, 4.69) is 65.1 Å². The fraction of sp³-hybridized carbons (Fsp3) is 0.667. The summed E-state index contributed by atoms with van der Waals surface area (Å²) >= 11 is 0. The van der Waals surface area contributed by atoms with Crippen LogP contribution in [0.2, 0.25) is 0 Å². The SMILES string of the molecule is Cc1ccc(C2(CNC(C)(C)C)CCC2C)cc1C. The highest BCUT2D eigenvalue weighted by atomic mass is 15.0. The molecule has 1 fully saturated rings. The van der Waals surface area contributed by atoms with Crippen LogP contribution >= 0.6 is 0 Å². The molecule has 106 valence electrons. The van der Waals surface area contributed by atoms with Gasteiger partial charge in [-0.15, -0.1) is 0 Å². The molecule has 0 radical (unpaired) electrons. The second-order valence-corrected chi connectivity index (χ2v) is 7.50. The number of benzene rings is 1. The number of aryl methyl sites for hydroxylation is 2. The van der Waals surface area contributed by atoms with E-state index < -0.39 is 0 Å². The fourth-order valence-corrected chi connectivity index (χ4v) is 3.05. The van der Waals surface area contributed by atoms with Gasteiger partial charge in [0.1, 0.15) is 0 Å². The van der Waals surface area contributed by atoms with Crippen LogP contribution in [0.5, 0.6) is 0 Å². The molecule has 2 atom stereocenters. The van der Waals surface area contributed by atoms with Crippen LogP contribution in [0.1, 0.15) is 57.2 Å². The topological polar surface area (TPSA) is 12.0 Å². The van der Waals surface area contributed by atoms with E-state index in [-0.39, 0.29) is 5.54 Å². The van der Waals surface area contributed by atoms with Crippen LogP contribution in [0.4, 0.5) is 0 Å². The summed E-state index contributed by atoms with van der Waals surface area (Å²) in [6.45, 7) is 14.7. The van der Waals surface area contributed by atoms with Crippen LogP contribution in [0.25, 0.3) is 0 Å². The third-order valence-corrected chi connectivity index (χ3v) is 4.98. The molecule has 1 nitrogen and oxygen atoms in total. The minimum atomic E-state index is 0.196. The van der Waals surface area contributed by atoms with E-state index in [0.717, 1.165) is 12.5 Å². The van der Waals surface area contributed by atoms with Crippen molar-refractivity contribution in [3.8, 4) is 0 Å². The van der Waals surface area contributed by atoms with Gasteiger partial charge in [0.05, 0.1) is 0 Å². The molecular formula is C18H29N. The van der Waals surface area contributed by atoms with Gasteiger partial charge in [-0.3, -0.25) is 0 Å². The van der Waals surface area contributed by atoms with Crippen LogP contribution in [0.3, 0.4) is 0 Å². The zero-order chi connectivity index (χ0) is 14.3. The predicted octanol–water partition coefficient (Wildman–Crippen LogP) is 4.36. The van der Waals surface area contributed by atoms with Crippen LogP contribution in [0, 0.1) is 19.8 Å². The number of nitrogens with one attached hydrogen (secondary N) is 1. The van der Waals surface area contributed by atoms with Crippen molar-refractivity contribution in [3.05, 3.63) is 34.9 Å². The number of hydrogen-bond donors (Lipinski definition) is 1. The van der Waals surface area contributed by atoms with Gasteiger partial charge in [0.15, 0.2) is 0 Å². The van der Waals surface area contributed by atoms with Gasteiger partial charge in [0, 0.05) is 17.5 Å². The molecule has 1 aromatic rings. The van der Waals surface area contributed by atoms with Crippen molar-refractivity contribution >= 4 is 0 Å². The zero-order valence-electron chi connectivity index (χ0n) is 13.4. The summed E-state index contributed by atoms with van der Waals surface area (Å²) in [5.41, 5.74) is 4.90. The van der Waals surface area contributed by atoms with Crippen LogP contribution in [-0.2, 0) is 5.41 Å². The fourth-order valence-electron chi connectivity index (χ4n) is 3.05. The first-order valence-corrected chi connectivity index (χ1v) is 7.57. The first-order chi connectivity index (χ1) is 8.74. The Labute approximate surface area is 118 Å². The van der Waals surface area contributed by atoms with E-state index in [9.17, 15) is 0 Å². The lowest BCUT2D eigenvalue weighted by molar-refractivity contribution is 0.124. The summed E-state index contributed by atoms with van der Waals surface area (Å²) in [5.74, 6) is 0.782. The van der Waals surface area contributed by atoms with E-state index in [4.69, 9.17) is 0 Å². The van der Waals surface area contributed by atoms with E-state index >= 15 is 0 Å². The molecule has 1 aliphatic rings. The zero-order valence-corrected chi connectivity index (χ0v) is 13.4. The minimum Gasteiger partial charge on any atom is -0.311 e. The lowest BCUT2D eigenvalue weighted by Crippen LogP contribution is -2.53. The molecule has 1 saturated carbocycles. The van der Waals surface area contributed by atoms with Crippen molar-refractivity contribution in [3.63, 3.8) is 0 Å². The Balaban J connectivity index is 2.26. The highest BCUT2D eigenvalue weighted by Gasteiger charge is 2.45. The smallest absolute Gasteiger partial charge is 0.0104 e. The third-order valence-electron chi connectivity index (χ3n) is 4.98. The van der Waals surface area contributed by atoms with Crippen molar-refractivity contribution in [1.82, 2.24) is 5.32 Å². The molecule has 1 aliphatic carbocycles. The Kier molecular flexibility index (Phi) is 3.79. The molecule has 1 N–H and O–H groups in total. The number of hydrogen-bond acceptors (Lipinski definition) is 1. The highest BCUT2D eigenvalue weighted by molar-refractivity contribution is 5.37. The lowest BCUT2D eigenvalue weighted by Gasteiger charge is -2.50. The standard InChI is InChI=1S/C18H29N/c1-13-7-8-16(11-14(13)2)18(10-9-15(18)3)12-19-17(4,5)6/h7-8,11,15,19H,9-10,12H2,1-6H3. The molecule has 1 heteroatoms. The van der Waals surface area contributed by atoms with Crippen molar-refractivity contribution in [1.29, 1.82) is 0 Å². The Hall–Kier alpha value is -0.820. The Morgan fingerprint density at radius 3 is 2.32 bits per heavy atom. The molecule has 0 aliphatic heterocycles. The summed E-state index contributed by atoms with van der Waals surface area (Å²) < 4.78 is 0. The summed E-state index contributed by atoms with van der Waals surface area (Å²) in [4.78, 5) is 0. The van der Waals surface area contributed by atoms with Gasteiger partial charge in [-0.2, -0.15) is 0 Å². The molecule has 0 aromatic heterocycles. The molecule has 2 rings (SSSR count). The van der Waals surface area contributed by atoms with Crippen molar-refractivity contribution in [2.45, 2.75) is 65.3 Å². The Bertz CT molecular complexity index is 455. The van der Waals surface area contributed by atoms with Crippen molar-refractivity contribution in [2.24, 2.45) is 5.92 Å². The van der Waals surface area contributed by atoms with Gasteiger partial charge in [-0.1, -0.05) is 25.1 Å². The lowest BCUT2D eigenvalue weighted by atomic mass is 9.57. The molecule has 0 heterocycles. The normalized spacial score (nSPS) is 27.2. The largest absolute Gasteiger partial charge is 0.311 e. The predicted molar refractivity (Wildman–Crippen MR) is 83.7 cm³/mol. The third kappa shape index (κ3) is 2.86. The molecule has 19 heavy (non-hydrogen) atoms. The molecular weight excluding hydrogens is 230 g/mol. The van der Waals surface area contributed by atoms with Gasteiger partial charge in [0.2, 0.25) is 0 Å². The van der Waals surface area contributed by atoms with Gasteiger partial charge in [-0.25, -0.2) is 0 Å². The molecule has 0 bridgehead atoms. The van der Waals surface area contributed by atoms with Crippen LogP contribution in [-0.4, -0.2) is 12.1 Å². The van der Waals surface area contributed by atoms with Gasteiger partial charge < -0.3 is 5.32 Å². The summed E-state index contributed by atoms with van der Waals surface area (Å²) in [6, 6.07) is 7.05. The molecule has 0 spiro atoms. The van der Waals surface area contributed by atoms with E-state index in [1.807, 2.05) is 0 Å². The quantitative estimate of drug-likeness (QED) is 0.850. The molecule has 2 unspecified atom stereocenters. The summed E-state index contributed by atoms with van der Waals surface area (Å²) in [6.07, 6.45) is 2.68. The van der Waals surface area contributed by atoms with Gasteiger partial charge in [-0.05, 0) is 70.1 Å². The maximum absolute atomic E-state index is 3.73. The average Bonchev–Trinajstić information content (AvgIpc) is 2.31. The number of rotatable bonds is 3. The monoisotopic (exact) mass is 259 g/mol. The van der Waals surface area contributed by atoms with E-state index in [1.54, 1.807) is 0 Å². The molecule has 0 amide bonds. The van der Waals surface area contributed by atoms with Gasteiger partial charge >= 0.3 is 0 Å². The summed E-state index contributed by atoms with van der Waals surface area (Å²) in [7, 11) is 0. The Morgan fingerprint density at radius 1 is 1.21 bits per heavy atom. The van der Waals surface area contributed by atoms with Crippen molar-refractivity contribution in [2.75, 3.05) is 6.54 Å². The first kappa shape index (κ1) is 14.6. The second-order valence-electron chi connectivity index (χ2n) is 7.50. The van der Waals surface area contributed by atoms with Gasteiger partial charge in [0.25, 0.3) is 0 Å². The average molecular weight is 259 g/mol. The Morgan fingerprint density at radius 2 is 1.89 bits per heavy atom. The second kappa shape index (κ2) is 4.94. The van der Waals surface area contributed by atoms with Crippen molar-refractivity contribution < 1.29 is 0 Å². The molecule has 1 aromatic carbocycles. The maximum atomic E-state index is 3.73. The first-order valence-electron chi connectivity index (χ1n) is 7.57. The maximum Gasteiger partial charge on any atom is 0.0104 e. The van der Waals surface area contributed by atoms with Crippen LogP contribution < -0.4 is 5.32 Å². The highest BCUT2D eigenvalue weighted by Crippen LogP contribution is 2.48. The molecule has 0 saturated heterocycles. The van der Waals surface area contributed by atoms with E-state index in [1.165, 1.54) is 29.5 Å².